The van der Waals surface area contributed by atoms with E-state index in [2.05, 4.69) is 133 Å². The van der Waals surface area contributed by atoms with Gasteiger partial charge in [-0.3, -0.25) is 0 Å². The lowest BCUT2D eigenvalue weighted by atomic mass is 9.79. The van der Waals surface area contributed by atoms with Crippen molar-refractivity contribution in [2.24, 2.45) is 5.92 Å². The van der Waals surface area contributed by atoms with Crippen LogP contribution in [-0.2, 0) is 11.8 Å². The first kappa shape index (κ1) is 39.8. The first-order chi connectivity index (χ1) is 26.6. The third kappa shape index (κ3) is 8.78. The molecule has 1 unspecified atom stereocenters. The van der Waals surface area contributed by atoms with Gasteiger partial charge in [-0.15, -0.1) is 45.3 Å². The van der Waals surface area contributed by atoms with Crippen molar-refractivity contribution < 1.29 is 4.74 Å². The van der Waals surface area contributed by atoms with E-state index < -0.39 is 0 Å². The highest BCUT2D eigenvalue weighted by molar-refractivity contribution is 7.28. The lowest BCUT2D eigenvalue weighted by Gasteiger charge is -2.28. The van der Waals surface area contributed by atoms with Gasteiger partial charge >= 0.3 is 0 Å². The maximum atomic E-state index is 5.84. The molecule has 1 N–H and O–H groups in total. The zero-order chi connectivity index (χ0) is 38.7. The second-order valence-corrected chi connectivity index (χ2v) is 20.4. The Balaban J connectivity index is 1.05. The Labute approximate surface area is 345 Å². The minimum atomic E-state index is 0.275. The molecular formula is C49H57NOS4. The molecule has 288 valence electrons. The van der Waals surface area contributed by atoms with E-state index in [-0.39, 0.29) is 5.41 Å². The van der Waals surface area contributed by atoms with Gasteiger partial charge in [-0.1, -0.05) is 72.6 Å². The smallest absolute Gasteiger partial charge is 0.119 e. The minimum absolute atomic E-state index is 0.275. The van der Waals surface area contributed by atoms with E-state index in [1.54, 1.807) is 4.88 Å². The number of hydrogen-bond acceptors (Lipinski definition) is 6. The molecular weight excluding hydrogens is 747 g/mol. The highest BCUT2D eigenvalue weighted by Crippen LogP contribution is 2.48. The predicted molar refractivity (Wildman–Crippen MR) is 249 cm³/mol. The molecule has 0 amide bonds. The summed E-state index contributed by atoms with van der Waals surface area (Å²) in [6, 6.07) is 27.7. The number of nitrogens with one attached hydrogen (secondary N) is 1. The summed E-state index contributed by atoms with van der Waals surface area (Å²) >= 11 is 7.80. The summed E-state index contributed by atoms with van der Waals surface area (Å²) in [5.41, 5.74) is 5.38. The third-order valence-electron chi connectivity index (χ3n) is 11.0. The Morgan fingerprint density at radius 3 is 1.95 bits per heavy atom. The van der Waals surface area contributed by atoms with Crippen LogP contribution in [0.3, 0.4) is 0 Å². The van der Waals surface area contributed by atoms with Crippen LogP contribution in [-0.4, -0.2) is 13.2 Å². The van der Waals surface area contributed by atoms with Gasteiger partial charge < -0.3 is 10.1 Å². The summed E-state index contributed by atoms with van der Waals surface area (Å²) in [4.78, 5) is 8.23. The average molecular weight is 804 g/mol. The van der Waals surface area contributed by atoms with Crippen LogP contribution in [0.25, 0.3) is 56.2 Å². The molecule has 4 heterocycles. The van der Waals surface area contributed by atoms with Crippen LogP contribution >= 0.6 is 45.3 Å². The van der Waals surface area contributed by atoms with Gasteiger partial charge in [0.25, 0.3) is 0 Å². The van der Waals surface area contributed by atoms with Gasteiger partial charge in [0.1, 0.15) is 5.75 Å². The van der Waals surface area contributed by atoms with E-state index >= 15 is 0 Å². The molecule has 0 bridgehead atoms. The quantitative estimate of drug-likeness (QED) is 0.0873. The van der Waals surface area contributed by atoms with Crippen LogP contribution in [0.15, 0.2) is 79.4 Å². The molecule has 55 heavy (non-hydrogen) atoms. The average Bonchev–Trinajstić information content (AvgIpc) is 4.00. The lowest BCUT2D eigenvalue weighted by molar-refractivity contribution is 0.271. The molecule has 6 heteroatoms. The van der Waals surface area contributed by atoms with Crippen LogP contribution in [0.4, 0.5) is 0 Å². The number of hydrogen-bond donors (Lipinski definition) is 1. The molecule has 1 atom stereocenters. The number of rotatable bonds is 18. The van der Waals surface area contributed by atoms with Gasteiger partial charge in [-0.2, -0.15) is 0 Å². The Kier molecular flexibility index (Phi) is 12.6. The first-order valence-corrected chi connectivity index (χ1v) is 23.6. The van der Waals surface area contributed by atoms with E-state index in [0.29, 0.717) is 5.92 Å². The Morgan fingerprint density at radius 1 is 0.691 bits per heavy atom. The normalized spacial score (nSPS) is 13.0. The van der Waals surface area contributed by atoms with Crippen LogP contribution in [0.5, 0.6) is 5.75 Å². The maximum Gasteiger partial charge on any atom is 0.119 e. The number of unbranched alkanes of at least 4 members (excludes halogenated alkanes) is 2. The Hall–Kier alpha value is -3.42. The van der Waals surface area contributed by atoms with Gasteiger partial charge in [0.05, 0.1) is 11.5 Å². The Bertz CT molecular complexity index is 2400. The number of thiophene rings is 4. The summed E-state index contributed by atoms with van der Waals surface area (Å²) in [5, 5.41) is 9.15. The van der Waals surface area contributed by atoms with Gasteiger partial charge in [0, 0.05) is 62.2 Å². The third-order valence-corrected chi connectivity index (χ3v) is 16.3. The van der Waals surface area contributed by atoms with Crippen molar-refractivity contribution in [3.8, 4) is 25.3 Å². The van der Waals surface area contributed by atoms with Crippen molar-refractivity contribution in [2.75, 3.05) is 13.2 Å². The molecule has 4 aromatic heterocycles. The van der Waals surface area contributed by atoms with Crippen LogP contribution in [0.1, 0.15) is 106 Å². The fourth-order valence-electron chi connectivity index (χ4n) is 7.84. The zero-order valence-corrected chi connectivity index (χ0v) is 37.1. The lowest BCUT2D eigenvalue weighted by Crippen LogP contribution is -2.20. The molecule has 0 fully saturated rings. The van der Waals surface area contributed by atoms with E-state index in [1.165, 1.54) is 104 Å². The molecule has 7 rings (SSSR count). The number of ether oxygens (including phenoxy) is 1. The largest absolute Gasteiger partial charge is 0.493 e. The van der Waals surface area contributed by atoms with Gasteiger partial charge in [0.15, 0.2) is 0 Å². The van der Waals surface area contributed by atoms with E-state index in [4.69, 9.17) is 4.74 Å². The van der Waals surface area contributed by atoms with Gasteiger partial charge in [-0.25, -0.2) is 0 Å². The van der Waals surface area contributed by atoms with E-state index in [9.17, 15) is 0 Å². The number of fused-ring (bicyclic) bond motifs is 5. The molecule has 0 aliphatic carbocycles. The molecule has 7 aromatic rings. The number of aryl methyl sites for hydroxylation is 3. The highest BCUT2D eigenvalue weighted by atomic mass is 32.1. The highest BCUT2D eigenvalue weighted by Gasteiger charge is 2.27. The van der Waals surface area contributed by atoms with Crippen molar-refractivity contribution in [3.05, 3.63) is 106 Å². The fourth-order valence-corrected chi connectivity index (χ4v) is 12.7. The van der Waals surface area contributed by atoms with Crippen molar-refractivity contribution >= 4 is 82.0 Å². The van der Waals surface area contributed by atoms with Crippen LogP contribution in [0.2, 0.25) is 0 Å². The molecule has 0 saturated heterocycles. The van der Waals surface area contributed by atoms with Crippen molar-refractivity contribution in [3.63, 3.8) is 0 Å². The monoisotopic (exact) mass is 803 g/mol. The molecule has 0 radical (unpaired) electrons. The second kappa shape index (κ2) is 17.4. The molecule has 0 aliphatic heterocycles. The maximum absolute atomic E-state index is 5.84. The van der Waals surface area contributed by atoms with E-state index in [1.807, 2.05) is 45.3 Å². The summed E-state index contributed by atoms with van der Waals surface area (Å²) in [7, 11) is 0. The molecule has 0 spiro atoms. The van der Waals surface area contributed by atoms with Gasteiger partial charge in [0.2, 0.25) is 0 Å². The fraction of sp³-hybridized carbons (Fsp3) is 0.388. The Morgan fingerprint density at radius 2 is 1.33 bits per heavy atom. The molecule has 0 saturated carbocycles. The minimum Gasteiger partial charge on any atom is -0.493 e. The topological polar surface area (TPSA) is 21.3 Å². The standard InChI is InChI=1S/C49H57NOS4/c1-9-11-24-49(8,23-10-2)46-22-21-43(53-46)45-29-38-33(6)27-39-40(48(38)55-45)26-32(5)37-28-44(54-47(37)39)42-20-19-41(52-42)34(7)50-25-13-12-14-35-15-17-36(18-16-35)51-30-31(3)4/h15-22,26-29,31,50H,7,9-14,23-25,30H2,1-6,8H3. The van der Waals surface area contributed by atoms with Crippen molar-refractivity contribution in [2.45, 2.75) is 105 Å². The number of benzene rings is 3. The molecule has 3 aromatic carbocycles. The zero-order valence-electron chi connectivity index (χ0n) is 33.8. The second-order valence-electron chi connectivity index (χ2n) is 16.1. The van der Waals surface area contributed by atoms with Crippen LogP contribution in [0, 0.1) is 19.8 Å². The molecule has 0 aliphatic rings. The first-order valence-electron chi connectivity index (χ1n) is 20.3. The van der Waals surface area contributed by atoms with Gasteiger partial charge in [-0.05, 0) is 140 Å². The summed E-state index contributed by atoms with van der Waals surface area (Å²) in [6.45, 7) is 22.2. The van der Waals surface area contributed by atoms with E-state index in [0.717, 1.165) is 43.9 Å². The summed E-state index contributed by atoms with van der Waals surface area (Å²) < 4.78 is 8.66. The van der Waals surface area contributed by atoms with Crippen molar-refractivity contribution in [1.82, 2.24) is 5.32 Å². The molecule has 2 nitrogen and oxygen atoms in total. The van der Waals surface area contributed by atoms with Crippen LogP contribution < -0.4 is 10.1 Å². The van der Waals surface area contributed by atoms with Crippen molar-refractivity contribution in [1.29, 1.82) is 0 Å². The summed E-state index contributed by atoms with van der Waals surface area (Å²) in [5.74, 6) is 1.50. The predicted octanol–water partition coefficient (Wildman–Crippen LogP) is 16.2. The SMILES string of the molecule is C=C(NCCCCc1ccc(OCC(C)C)cc1)c1ccc(-c2cc3c(C)cc4c(cc(C)c5cc(-c6ccc(C(C)(CCC)CCCC)s6)sc54)c3s2)s1. The summed E-state index contributed by atoms with van der Waals surface area (Å²) in [6.07, 6.45) is 9.64.